The number of amides is 1. The highest BCUT2D eigenvalue weighted by atomic mass is 32.2. The number of carbonyl (C=O) groups excluding carboxylic acids is 1. The van der Waals surface area contributed by atoms with Gasteiger partial charge in [0.05, 0.1) is 11.9 Å². The van der Waals surface area contributed by atoms with Crippen molar-refractivity contribution >= 4 is 27.3 Å². The highest BCUT2D eigenvalue weighted by Gasteiger charge is 2.20. The molecule has 6 nitrogen and oxygen atoms in total. The smallest absolute Gasteiger partial charge is 0.241 e. The quantitative estimate of drug-likeness (QED) is 0.799. The number of carbonyl (C=O) groups is 1. The fourth-order valence-electron chi connectivity index (χ4n) is 2.31. The Balaban J connectivity index is 2.07. The maximum absolute atomic E-state index is 12.9. The Morgan fingerprint density at radius 3 is 2.04 bits per heavy atom. The van der Waals surface area contributed by atoms with E-state index < -0.39 is 15.9 Å². The molecule has 26 heavy (non-hydrogen) atoms. The van der Waals surface area contributed by atoms with Crippen LogP contribution in [0.2, 0.25) is 0 Å². The van der Waals surface area contributed by atoms with E-state index in [9.17, 15) is 17.6 Å². The van der Waals surface area contributed by atoms with Crippen LogP contribution in [0.4, 0.5) is 15.8 Å². The second kappa shape index (κ2) is 8.18. The third-order valence-electron chi connectivity index (χ3n) is 3.74. The van der Waals surface area contributed by atoms with Crippen molar-refractivity contribution in [3.8, 4) is 0 Å². The average molecular weight is 379 g/mol. The van der Waals surface area contributed by atoms with Crippen LogP contribution in [-0.4, -0.2) is 41.2 Å². The first-order valence-corrected chi connectivity index (χ1v) is 9.78. The van der Waals surface area contributed by atoms with E-state index in [-0.39, 0.29) is 18.9 Å². The van der Waals surface area contributed by atoms with Gasteiger partial charge in [0, 0.05) is 26.3 Å². The Morgan fingerprint density at radius 1 is 1.00 bits per heavy atom. The lowest BCUT2D eigenvalue weighted by atomic mass is 10.2. The standard InChI is InChI=1S/C18H22FN3O3S/c1-21(2)16-8-10-17(11-9-16)22(26(3,24)25)13-18(23)20-12-14-4-6-15(19)7-5-14/h4-11H,12-13H2,1-3H3,(H,20,23). The summed E-state index contributed by atoms with van der Waals surface area (Å²) in [5, 5.41) is 2.64. The minimum absolute atomic E-state index is 0.191. The number of hydrogen-bond acceptors (Lipinski definition) is 4. The molecule has 0 bridgehead atoms. The van der Waals surface area contributed by atoms with Gasteiger partial charge in [0.15, 0.2) is 0 Å². The van der Waals surface area contributed by atoms with Crippen molar-refractivity contribution in [2.24, 2.45) is 0 Å². The van der Waals surface area contributed by atoms with E-state index in [0.29, 0.717) is 5.69 Å². The Labute approximate surface area is 153 Å². The normalized spacial score (nSPS) is 11.1. The van der Waals surface area contributed by atoms with Gasteiger partial charge in [0.1, 0.15) is 12.4 Å². The molecular weight excluding hydrogens is 357 g/mol. The van der Waals surface area contributed by atoms with Gasteiger partial charge in [-0.05, 0) is 42.0 Å². The molecule has 0 unspecified atom stereocenters. The van der Waals surface area contributed by atoms with E-state index in [1.54, 1.807) is 36.4 Å². The van der Waals surface area contributed by atoms with Crippen LogP contribution in [0.5, 0.6) is 0 Å². The monoisotopic (exact) mass is 379 g/mol. The Hall–Kier alpha value is -2.61. The first kappa shape index (κ1) is 19.7. The third-order valence-corrected chi connectivity index (χ3v) is 4.89. The van der Waals surface area contributed by atoms with Gasteiger partial charge in [0.25, 0.3) is 0 Å². The fraction of sp³-hybridized carbons (Fsp3) is 0.278. The number of halogens is 1. The van der Waals surface area contributed by atoms with E-state index >= 15 is 0 Å². The summed E-state index contributed by atoms with van der Waals surface area (Å²) in [6.45, 7) is -0.141. The first-order valence-electron chi connectivity index (χ1n) is 7.93. The molecule has 0 saturated carbocycles. The van der Waals surface area contributed by atoms with Crippen molar-refractivity contribution in [3.63, 3.8) is 0 Å². The van der Waals surface area contributed by atoms with Gasteiger partial charge in [-0.2, -0.15) is 0 Å². The maximum atomic E-state index is 12.9. The summed E-state index contributed by atoms with van der Waals surface area (Å²) in [4.78, 5) is 14.1. The van der Waals surface area contributed by atoms with Gasteiger partial charge in [-0.15, -0.1) is 0 Å². The second-order valence-electron chi connectivity index (χ2n) is 6.08. The topological polar surface area (TPSA) is 69.7 Å². The van der Waals surface area contributed by atoms with E-state index in [0.717, 1.165) is 21.8 Å². The molecule has 2 rings (SSSR count). The molecule has 8 heteroatoms. The summed E-state index contributed by atoms with van der Waals surface area (Å²) in [6, 6.07) is 12.6. The molecule has 0 aromatic heterocycles. The summed E-state index contributed by atoms with van der Waals surface area (Å²) in [5.74, 6) is -0.805. The molecule has 2 aromatic rings. The van der Waals surface area contributed by atoms with Crippen molar-refractivity contribution in [1.82, 2.24) is 5.32 Å². The van der Waals surface area contributed by atoms with Crippen LogP contribution in [0.15, 0.2) is 48.5 Å². The molecule has 0 spiro atoms. The molecule has 1 amide bonds. The minimum atomic E-state index is -3.63. The summed E-state index contributed by atoms with van der Waals surface area (Å²) in [5.41, 5.74) is 2.05. The highest BCUT2D eigenvalue weighted by molar-refractivity contribution is 7.92. The zero-order valence-electron chi connectivity index (χ0n) is 14.9. The molecule has 0 aliphatic carbocycles. The second-order valence-corrected chi connectivity index (χ2v) is 7.99. The molecule has 0 aliphatic heterocycles. The van der Waals surface area contributed by atoms with Crippen molar-refractivity contribution in [3.05, 3.63) is 59.9 Å². The zero-order valence-corrected chi connectivity index (χ0v) is 15.8. The van der Waals surface area contributed by atoms with Crippen molar-refractivity contribution in [1.29, 1.82) is 0 Å². The van der Waals surface area contributed by atoms with Crippen molar-refractivity contribution < 1.29 is 17.6 Å². The van der Waals surface area contributed by atoms with Crippen LogP contribution in [0.25, 0.3) is 0 Å². The molecular formula is C18H22FN3O3S. The van der Waals surface area contributed by atoms with Crippen LogP contribution >= 0.6 is 0 Å². The molecule has 0 radical (unpaired) electrons. The maximum Gasteiger partial charge on any atom is 0.241 e. The van der Waals surface area contributed by atoms with Gasteiger partial charge in [-0.3, -0.25) is 9.10 Å². The minimum Gasteiger partial charge on any atom is -0.378 e. The van der Waals surface area contributed by atoms with Crippen LogP contribution in [-0.2, 0) is 21.4 Å². The lowest BCUT2D eigenvalue weighted by Gasteiger charge is -2.23. The number of anilines is 2. The third kappa shape index (κ3) is 5.45. The average Bonchev–Trinajstić information content (AvgIpc) is 2.58. The lowest BCUT2D eigenvalue weighted by Crippen LogP contribution is -2.40. The molecule has 0 aliphatic rings. The van der Waals surface area contributed by atoms with Crippen molar-refractivity contribution in [2.45, 2.75) is 6.54 Å². The summed E-state index contributed by atoms with van der Waals surface area (Å²) in [6.07, 6.45) is 1.06. The molecule has 2 aromatic carbocycles. The fourth-order valence-corrected chi connectivity index (χ4v) is 3.16. The van der Waals surface area contributed by atoms with Crippen LogP contribution in [0, 0.1) is 5.82 Å². The van der Waals surface area contributed by atoms with Crippen LogP contribution in [0.1, 0.15) is 5.56 Å². The SMILES string of the molecule is CN(C)c1ccc(N(CC(=O)NCc2ccc(F)cc2)S(C)(=O)=O)cc1. The molecule has 0 heterocycles. The van der Waals surface area contributed by atoms with Gasteiger partial charge >= 0.3 is 0 Å². The summed E-state index contributed by atoms with van der Waals surface area (Å²) >= 11 is 0. The molecule has 1 N–H and O–H groups in total. The zero-order chi connectivity index (χ0) is 19.3. The summed E-state index contributed by atoms with van der Waals surface area (Å²) < 4.78 is 38.1. The number of rotatable bonds is 7. The molecule has 0 fully saturated rings. The summed E-state index contributed by atoms with van der Waals surface area (Å²) in [7, 11) is 0.137. The van der Waals surface area contributed by atoms with E-state index in [2.05, 4.69) is 5.32 Å². The van der Waals surface area contributed by atoms with E-state index in [4.69, 9.17) is 0 Å². The molecule has 140 valence electrons. The number of nitrogens with one attached hydrogen (secondary N) is 1. The Bertz CT molecular complexity index is 850. The van der Waals surface area contributed by atoms with Gasteiger partial charge in [-0.25, -0.2) is 12.8 Å². The molecule has 0 atom stereocenters. The Kier molecular flexibility index (Phi) is 6.20. The lowest BCUT2D eigenvalue weighted by molar-refractivity contribution is -0.119. The number of hydrogen-bond donors (Lipinski definition) is 1. The largest absolute Gasteiger partial charge is 0.378 e. The van der Waals surface area contributed by atoms with Crippen LogP contribution < -0.4 is 14.5 Å². The first-order chi connectivity index (χ1) is 12.2. The predicted octanol–water partition coefficient (Wildman–Crippen LogP) is 1.97. The van der Waals surface area contributed by atoms with E-state index in [1.165, 1.54) is 12.1 Å². The highest BCUT2D eigenvalue weighted by Crippen LogP contribution is 2.21. The number of nitrogens with zero attached hydrogens (tertiary/aromatic N) is 2. The van der Waals surface area contributed by atoms with Gasteiger partial charge in [0.2, 0.25) is 15.9 Å². The Morgan fingerprint density at radius 2 is 1.54 bits per heavy atom. The molecule has 0 saturated heterocycles. The van der Waals surface area contributed by atoms with Crippen molar-refractivity contribution in [2.75, 3.05) is 36.1 Å². The number of benzene rings is 2. The predicted molar refractivity (Wildman–Crippen MR) is 101 cm³/mol. The number of sulfonamides is 1. The van der Waals surface area contributed by atoms with Gasteiger partial charge in [-0.1, -0.05) is 12.1 Å². The van der Waals surface area contributed by atoms with E-state index in [1.807, 2.05) is 19.0 Å². The van der Waals surface area contributed by atoms with Crippen LogP contribution in [0.3, 0.4) is 0 Å². The van der Waals surface area contributed by atoms with Gasteiger partial charge < -0.3 is 10.2 Å².